The second kappa shape index (κ2) is 6.14. The molecule has 0 saturated carbocycles. The number of fused-ring (bicyclic) bond motifs is 1. The minimum atomic E-state index is -4.43. The Morgan fingerprint density at radius 3 is 2.50 bits per heavy atom. The van der Waals surface area contributed by atoms with Crippen LogP contribution in [-0.2, 0) is 19.8 Å². The van der Waals surface area contributed by atoms with Crippen LogP contribution in [0.3, 0.4) is 0 Å². The van der Waals surface area contributed by atoms with Gasteiger partial charge in [0.15, 0.2) is 5.69 Å². The van der Waals surface area contributed by atoms with Crippen molar-refractivity contribution >= 4 is 24.1 Å². The molecule has 0 amide bonds. The van der Waals surface area contributed by atoms with E-state index in [9.17, 15) is 13.2 Å². The lowest BCUT2D eigenvalue weighted by molar-refractivity contribution is -0.142. The van der Waals surface area contributed by atoms with Gasteiger partial charge in [0.1, 0.15) is 0 Å². The molecule has 1 N–H and O–H groups in total. The summed E-state index contributed by atoms with van der Waals surface area (Å²) in [5.41, 5.74) is 1.75. The van der Waals surface area contributed by atoms with Gasteiger partial charge in [-0.25, -0.2) is 0 Å². The van der Waals surface area contributed by atoms with Gasteiger partial charge in [0.25, 0.3) is 0 Å². The summed E-state index contributed by atoms with van der Waals surface area (Å²) in [6.45, 7) is 0.711. The number of nitrogens with zero attached hydrogens (tertiary/aromatic N) is 2. The minimum Gasteiger partial charge on any atom is -0.308 e. The number of hydrogen-bond donors (Lipinski definition) is 1. The third-order valence-electron chi connectivity index (χ3n) is 3.48. The van der Waals surface area contributed by atoms with E-state index in [1.807, 2.05) is 36.4 Å². The Kier molecular flexibility index (Phi) is 4.63. The van der Waals surface area contributed by atoms with Crippen molar-refractivity contribution in [1.29, 1.82) is 0 Å². The van der Waals surface area contributed by atoms with E-state index in [4.69, 9.17) is 0 Å². The van der Waals surface area contributed by atoms with Crippen molar-refractivity contribution in [2.75, 3.05) is 6.54 Å². The van der Waals surface area contributed by atoms with E-state index in [1.54, 1.807) is 7.05 Å². The lowest BCUT2D eigenvalue weighted by Gasteiger charge is -2.18. The Balaban J connectivity index is 0.00000176. The van der Waals surface area contributed by atoms with Crippen LogP contribution in [0.1, 0.15) is 22.5 Å². The number of alkyl halides is 3. The summed E-state index contributed by atoms with van der Waals surface area (Å²) >= 11 is 0. The average Bonchev–Trinajstić information content (AvgIpc) is 2.79. The predicted molar refractivity (Wildman–Crippen MR) is 81.5 cm³/mol. The maximum absolute atomic E-state index is 13.0. The van der Waals surface area contributed by atoms with Crippen LogP contribution in [0.2, 0.25) is 0 Å². The second-order valence-corrected chi connectivity index (χ2v) is 4.98. The smallest absolute Gasteiger partial charge is 0.308 e. The van der Waals surface area contributed by atoms with Crippen LogP contribution in [0, 0.1) is 0 Å². The third kappa shape index (κ3) is 3.03. The molecule has 0 unspecified atom stereocenters. The average molecular weight is 330 g/mol. The van der Waals surface area contributed by atoms with Gasteiger partial charge in [-0.3, -0.25) is 4.68 Å². The summed E-state index contributed by atoms with van der Waals surface area (Å²) in [4.78, 5) is 0. The predicted octanol–water partition coefficient (Wildman–Crippen LogP) is 3.50. The van der Waals surface area contributed by atoms with E-state index in [1.165, 1.54) is 4.68 Å². The van der Waals surface area contributed by atoms with E-state index in [0.29, 0.717) is 12.2 Å². The van der Waals surface area contributed by atoms with Crippen LogP contribution >= 0.6 is 12.4 Å². The number of nitrogens with one attached hydrogen (secondary N) is 1. The number of rotatable bonds is 1. The lowest BCUT2D eigenvalue weighted by Crippen LogP contribution is -2.25. The van der Waals surface area contributed by atoms with Gasteiger partial charge < -0.3 is 5.32 Å². The molecule has 1 aromatic heterocycles. The zero-order valence-electron chi connectivity index (χ0n) is 11.8. The van der Waals surface area contributed by atoms with Crippen molar-refractivity contribution in [2.24, 2.45) is 7.05 Å². The van der Waals surface area contributed by atoms with Crippen molar-refractivity contribution in [3.63, 3.8) is 0 Å². The molecule has 1 aliphatic rings. The minimum absolute atomic E-state index is 0. The Bertz CT molecular complexity index is 690. The Morgan fingerprint density at radius 1 is 1.18 bits per heavy atom. The third-order valence-corrected chi connectivity index (χ3v) is 3.48. The molecule has 2 heterocycles. The standard InChI is InChI=1S/C15H14F3N3.ClH/c1-21-13-11(7-10-5-3-2-4-6-10)8-19-9-12(13)14(20-21)15(16,17)18;/h2-7,19H,8-9H2,1H3;1H. The van der Waals surface area contributed by atoms with Crippen molar-refractivity contribution in [3.05, 3.63) is 52.8 Å². The Labute approximate surface area is 132 Å². The van der Waals surface area contributed by atoms with Crippen LogP contribution in [0.25, 0.3) is 11.6 Å². The molecule has 0 bridgehead atoms. The second-order valence-electron chi connectivity index (χ2n) is 4.98. The first-order valence-electron chi connectivity index (χ1n) is 6.56. The number of hydrogen-bond acceptors (Lipinski definition) is 2. The summed E-state index contributed by atoms with van der Waals surface area (Å²) in [5.74, 6) is 0. The summed E-state index contributed by atoms with van der Waals surface area (Å²) < 4.78 is 40.4. The van der Waals surface area contributed by atoms with Gasteiger partial charge in [-0.1, -0.05) is 30.3 Å². The normalized spacial score (nSPS) is 16.3. The van der Waals surface area contributed by atoms with Crippen LogP contribution in [0.5, 0.6) is 0 Å². The van der Waals surface area contributed by atoms with Gasteiger partial charge in [0.05, 0.1) is 5.69 Å². The number of aryl methyl sites for hydroxylation is 1. The lowest BCUT2D eigenvalue weighted by atomic mass is 9.99. The number of benzene rings is 1. The molecule has 1 aromatic carbocycles. The van der Waals surface area contributed by atoms with Crippen molar-refractivity contribution in [2.45, 2.75) is 12.7 Å². The van der Waals surface area contributed by atoms with Crippen LogP contribution in [-0.4, -0.2) is 16.3 Å². The molecule has 0 saturated heterocycles. The van der Waals surface area contributed by atoms with Crippen LogP contribution in [0.15, 0.2) is 30.3 Å². The molecular formula is C15H15ClF3N3. The molecule has 3 nitrogen and oxygen atoms in total. The van der Waals surface area contributed by atoms with Gasteiger partial charge in [-0.15, -0.1) is 12.4 Å². The van der Waals surface area contributed by atoms with E-state index in [-0.39, 0.29) is 24.5 Å². The molecule has 118 valence electrons. The largest absolute Gasteiger partial charge is 0.435 e. The summed E-state index contributed by atoms with van der Waals surface area (Å²) in [7, 11) is 1.55. The fourth-order valence-corrected chi connectivity index (χ4v) is 2.64. The van der Waals surface area contributed by atoms with Gasteiger partial charge in [0, 0.05) is 25.7 Å². The first kappa shape index (κ1) is 16.6. The van der Waals surface area contributed by atoms with Gasteiger partial charge in [-0.2, -0.15) is 18.3 Å². The summed E-state index contributed by atoms with van der Waals surface area (Å²) in [5, 5.41) is 6.68. The molecule has 0 aliphatic carbocycles. The first-order chi connectivity index (χ1) is 9.97. The molecular weight excluding hydrogens is 315 g/mol. The fraction of sp³-hybridized carbons (Fsp3) is 0.267. The monoisotopic (exact) mass is 329 g/mol. The van der Waals surface area contributed by atoms with Crippen molar-refractivity contribution < 1.29 is 13.2 Å². The molecule has 0 spiro atoms. The molecule has 3 rings (SSSR count). The maximum atomic E-state index is 13.0. The SMILES string of the molecule is Cl.Cn1nc(C(F)(F)F)c2c1C(=Cc1ccccc1)CNC2. The number of aromatic nitrogens is 2. The van der Waals surface area contributed by atoms with E-state index < -0.39 is 11.9 Å². The quantitative estimate of drug-likeness (QED) is 0.867. The van der Waals surface area contributed by atoms with Crippen LogP contribution < -0.4 is 5.32 Å². The highest BCUT2D eigenvalue weighted by molar-refractivity contribution is 5.85. The van der Waals surface area contributed by atoms with E-state index in [0.717, 1.165) is 11.1 Å². The van der Waals surface area contributed by atoms with Gasteiger partial charge in [-0.05, 0) is 17.2 Å². The van der Waals surface area contributed by atoms with Crippen molar-refractivity contribution in [1.82, 2.24) is 15.1 Å². The molecule has 0 radical (unpaired) electrons. The molecule has 7 heteroatoms. The van der Waals surface area contributed by atoms with Crippen molar-refractivity contribution in [3.8, 4) is 0 Å². The van der Waals surface area contributed by atoms with Crippen LogP contribution in [0.4, 0.5) is 13.2 Å². The Hall–Kier alpha value is -1.79. The highest BCUT2D eigenvalue weighted by Gasteiger charge is 2.39. The zero-order valence-corrected chi connectivity index (χ0v) is 12.6. The molecule has 2 aromatic rings. The maximum Gasteiger partial charge on any atom is 0.435 e. The highest BCUT2D eigenvalue weighted by atomic mass is 35.5. The summed E-state index contributed by atoms with van der Waals surface area (Å²) in [6.07, 6.45) is -2.53. The number of halogens is 4. The fourth-order valence-electron chi connectivity index (χ4n) is 2.64. The van der Waals surface area contributed by atoms with E-state index >= 15 is 0 Å². The summed E-state index contributed by atoms with van der Waals surface area (Å²) in [6, 6.07) is 9.53. The Morgan fingerprint density at radius 2 is 1.86 bits per heavy atom. The van der Waals surface area contributed by atoms with Gasteiger partial charge >= 0.3 is 6.18 Å². The molecule has 22 heavy (non-hydrogen) atoms. The molecule has 0 atom stereocenters. The first-order valence-corrected chi connectivity index (χ1v) is 6.56. The molecule has 1 aliphatic heterocycles. The highest BCUT2D eigenvalue weighted by Crippen LogP contribution is 2.36. The molecule has 0 fully saturated rings. The van der Waals surface area contributed by atoms with Gasteiger partial charge in [0.2, 0.25) is 0 Å². The topological polar surface area (TPSA) is 29.9 Å². The van der Waals surface area contributed by atoms with E-state index in [2.05, 4.69) is 10.4 Å². The zero-order chi connectivity index (χ0) is 15.0.